The number of nitrogens with two attached hydrogens (primary N) is 1. The van der Waals surface area contributed by atoms with Crippen LogP contribution < -0.4 is 11.1 Å². The van der Waals surface area contributed by atoms with Gasteiger partial charge in [0.25, 0.3) is 0 Å². The van der Waals surface area contributed by atoms with E-state index in [9.17, 15) is 4.79 Å². The van der Waals surface area contributed by atoms with E-state index in [1.807, 2.05) is 18.4 Å². The fraction of sp³-hybridized carbons (Fsp3) is 0.444. The van der Waals surface area contributed by atoms with Crippen molar-refractivity contribution in [2.75, 3.05) is 6.54 Å². The number of carbonyl (C=O) groups excluding carboxylic acids is 1. The van der Waals surface area contributed by atoms with Gasteiger partial charge in [0.1, 0.15) is 0 Å². The molecule has 1 aromatic rings. The van der Waals surface area contributed by atoms with Crippen molar-refractivity contribution in [1.82, 2.24) is 5.32 Å². The summed E-state index contributed by atoms with van der Waals surface area (Å²) in [5.74, 6) is -0.110. The summed E-state index contributed by atoms with van der Waals surface area (Å²) in [5.41, 5.74) is 5.38. The van der Waals surface area contributed by atoms with Crippen LogP contribution in [0.4, 0.5) is 0 Å². The minimum Gasteiger partial charge on any atom is -0.351 e. The Bertz CT molecular complexity index is 319. The van der Waals surface area contributed by atoms with Crippen LogP contribution in [0.5, 0.6) is 0 Å². The van der Waals surface area contributed by atoms with Crippen molar-refractivity contribution < 1.29 is 4.79 Å². The Balaban J connectivity index is 0.00000196. The van der Waals surface area contributed by atoms with Gasteiger partial charge in [0, 0.05) is 21.8 Å². The fourth-order valence-corrected chi connectivity index (χ4v) is 2.33. The smallest absolute Gasteiger partial charge is 0.224 e. The van der Waals surface area contributed by atoms with E-state index < -0.39 is 0 Å². The monoisotopic (exact) mass is 312 g/mol. The van der Waals surface area contributed by atoms with Crippen LogP contribution in [0, 0.1) is 5.92 Å². The summed E-state index contributed by atoms with van der Waals surface area (Å²) in [6.45, 7) is 2.78. The molecule has 0 aliphatic rings. The number of rotatable bonds is 4. The summed E-state index contributed by atoms with van der Waals surface area (Å²) >= 11 is 5.02. The lowest BCUT2D eigenvalue weighted by Crippen LogP contribution is -2.32. The molecule has 0 saturated heterocycles. The predicted octanol–water partition coefficient (Wildman–Crippen LogP) is 2.14. The first-order chi connectivity index (χ1) is 6.65. The molecule has 0 aliphatic heterocycles. The molecule has 86 valence electrons. The summed E-state index contributed by atoms with van der Waals surface area (Å²) in [6, 6.07) is 1.97. The Labute approximate surface area is 108 Å². The van der Waals surface area contributed by atoms with Crippen molar-refractivity contribution in [1.29, 1.82) is 0 Å². The van der Waals surface area contributed by atoms with Gasteiger partial charge < -0.3 is 11.1 Å². The van der Waals surface area contributed by atoms with Crippen molar-refractivity contribution in [2.24, 2.45) is 11.7 Å². The minimum atomic E-state index is -0.117. The van der Waals surface area contributed by atoms with Crippen LogP contribution in [-0.2, 0) is 11.3 Å². The van der Waals surface area contributed by atoms with Crippen LogP contribution in [0.25, 0.3) is 0 Å². The van der Waals surface area contributed by atoms with Gasteiger partial charge in [-0.15, -0.1) is 23.7 Å². The first-order valence-electron chi connectivity index (χ1n) is 4.34. The van der Waals surface area contributed by atoms with Crippen LogP contribution in [0.3, 0.4) is 0 Å². The van der Waals surface area contributed by atoms with Gasteiger partial charge in [0.05, 0.1) is 6.54 Å². The van der Waals surface area contributed by atoms with E-state index in [0.29, 0.717) is 13.1 Å². The first kappa shape index (κ1) is 14.9. The molecule has 0 aliphatic carbocycles. The summed E-state index contributed by atoms with van der Waals surface area (Å²) in [5, 5.41) is 4.82. The van der Waals surface area contributed by atoms with E-state index >= 15 is 0 Å². The van der Waals surface area contributed by atoms with Gasteiger partial charge in [0.15, 0.2) is 0 Å². The number of amides is 1. The second-order valence-corrected chi connectivity index (χ2v) is 4.90. The predicted molar refractivity (Wildman–Crippen MR) is 69.3 cm³/mol. The standard InChI is InChI=1S/C9H13BrN2OS.ClH/c1-6(4-11)9(13)12-5-8-7(10)2-3-14-8;/h2-3,6H,4-5,11H2,1H3,(H,12,13);1H. The van der Waals surface area contributed by atoms with Gasteiger partial charge in [-0.1, -0.05) is 6.92 Å². The lowest BCUT2D eigenvalue weighted by Gasteiger charge is -2.08. The molecule has 1 aromatic heterocycles. The van der Waals surface area contributed by atoms with E-state index in [0.717, 1.165) is 9.35 Å². The van der Waals surface area contributed by atoms with Crippen molar-refractivity contribution >= 4 is 45.6 Å². The molecule has 0 saturated carbocycles. The Morgan fingerprint density at radius 2 is 2.40 bits per heavy atom. The second kappa shape index (κ2) is 7.22. The molecule has 0 fully saturated rings. The molecule has 0 aromatic carbocycles. The molecule has 1 amide bonds. The highest BCUT2D eigenvalue weighted by Crippen LogP contribution is 2.22. The Hall–Kier alpha value is -0.100. The highest BCUT2D eigenvalue weighted by molar-refractivity contribution is 9.10. The van der Waals surface area contributed by atoms with Gasteiger partial charge in [-0.3, -0.25) is 4.79 Å². The number of hydrogen-bond donors (Lipinski definition) is 2. The van der Waals surface area contributed by atoms with Crippen LogP contribution in [0.1, 0.15) is 11.8 Å². The number of carbonyl (C=O) groups is 1. The maximum absolute atomic E-state index is 11.4. The second-order valence-electron chi connectivity index (χ2n) is 3.05. The number of nitrogens with one attached hydrogen (secondary N) is 1. The molecule has 0 radical (unpaired) electrons. The van der Waals surface area contributed by atoms with Crippen LogP contribution in [0.2, 0.25) is 0 Å². The SMILES string of the molecule is CC(CN)C(=O)NCc1sccc1Br.Cl. The van der Waals surface area contributed by atoms with Gasteiger partial charge in [-0.05, 0) is 27.4 Å². The summed E-state index contributed by atoms with van der Waals surface area (Å²) < 4.78 is 1.04. The zero-order valence-electron chi connectivity index (χ0n) is 8.33. The number of halogens is 2. The molecule has 3 N–H and O–H groups in total. The molecule has 1 heterocycles. The third kappa shape index (κ3) is 4.51. The molecular formula is C9H14BrClN2OS. The number of thiophene rings is 1. The average Bonchev–Trinajstić information content (AvgIpc) is 2.59. The van der Waals surface area contributed by atoms with E-state index in [1.54, 1.807) is 11.3 Å². The summed E-state index contributed by atoms with van der Waals surface area (Å²) in [4.78, 5) is 12.5. The minimum absolute atomic E-state index is 0. The van der Waals surface area contributed by atoms with Gasteiger partial charge in [-0.2, -0.15) is 0 Å². The third-order valence-corrected chi connectivity index (χ3v) is 3.84. The van der Waals surface area contributed by atoms with Crippen LogP contribution >= 0.6 is 39.7 Å². The number of hydrogen-bond acceptors (Lipinski definition) is 3. The molecule has 3 nitrogen and oxygen atoms in total. The highest BCUT2D eigenvalue weighted by Gasteiger charge is 2.10. The molecule has 6 heteroatoms. The maximum Gasteiger partial charge on any atom is 0.224 e. The zero-order valence-corrected chi connectivity index (χ0v) is 11.5. The van der Waals surface area contributed by atoms with E-state index in [1.165, 1.54) is 0 Å². The van der Waals surface area contributed by atoms with Crippen LogP contribution in [0.15, 0.2) is 15.9 Å². The van der Waals surface area contributed by atoms with Crippen LogP contribution in [-0.4, -0.2) is 12.5 Å². The van der Waals surface area contributed by atoms with Gasteiger partial charge >= 0.3 is 0 Å². The molecule has 1 atom stereocenters. The van der Waals surface area contributed by atoms with Gasteiger partial charge in [-0.25, -0.2) is 0 Å². The molecule has 0 spiro atoms. The van der Waals surface area contributed by atoms with Crippen molar-refractivity contribution in [3.63, 3.8) is 0 Å². The summed E-state index contributed by atoms with van der Waals surface area (Å²) in [6.07, 6.45) is 0. The fourth-order valence-electron chi connectivity index (χ4n) is 0.900. The maximum atomic E-state index is 11.4. The molecule has 1 unspecified atom stereocenters. The average molecular weight is 314 g/mol. The lowest BCUT2D eigenvalue weighted by molar-refractivity contribution is -0.124. The zero-order chi connectivity index (χ0) is 10.6. The molecule has 15 heavy (non-hydrogen) atoms. The largest absolute Gasteiger partial charge is 0.351 e. The van der Waals surface area contributed by atoms with Crippen molar-refractivity contribution in [3.8, 4) is 0 Å². The molecule has 1 rings (SSSR count). The molecule has 0 bridgehead atoms. The van der Waals surface area contributed by atoms with E-state index in [4.69, 9.17) is 5.73 Å². The third-order valence-electron chi connectivity index (χ3n) is 1.92. The first-order valence-corrected chi connectivity index (χ1v) is 6.02. The van der Waals surface area contributed by atoms with Gasteiger partial charge in [0.2, 0.25) is 5.91 Å². The Morgan fingerprint density at radius 3 is 2.87 bits per heavy atom. The van der Waals surface area contributed by atoms with Crippen molar-refractivity contribution in [3.05, 3.63) is 20.8 Å². The van der Waals surface area contributed by atoms with Crippen molar-refractivity contribution in [2.45, 2.75) is 13.5 Å². The Morgan fingerprint density at radius 1 is 1.73 bits per heavy atom. The lowest BCUT2D eigenvalue weighted by atomic mass is 10.2. The Kier molecular flexibility index (Phi) is 7.17. The highest BCUT2D eigenvalue weighted by atomic mass is 79.9. The molecular weight excluding hydrogens is 300 g/mol. The van der Waals surface area contributed by atoms with E-state index in [-0.39, 0.29) is 24.2 Å². The quantitative estimate of drug-likeness (QED) is 0.895. The van der Waals surface area contributed by atoms with E-state index in [2.05, 4.69) is 21.2 Å². The topological polar surface area (TPSA) is 55.1 Å². The summed E-state index contributed by atoms with van der Waals surface area (Å²) in [7, 11) is 0. The normalized spacial score (nSPS) is 11.7.